The lowest BCUT2D eigenvalue weighted by Crippen LogP contribution is -3.00. The fourth-order valence-electron chi connectivity index (χ4n) is 4.16. The summed E-state index contributed by atoms with van der Waals surface area (Å²) < 4.78 is 13.5. The van der Waals surface area contributed by atoms with Crippen molar-refractivity contribution in [3.63, 3.8) is 0 Å². The SMILES string of the molecule is CCCCCCCCCCCCCCOc1ccc(OCC(=O)NCCc2cccc[n+]2C)cc1Cl.[I-]. The van der Waals surface area contributed by atoms with Gasteiger partial charge in [0, 0.05) is 31.2 Å². The first-order valence-electron chi connectivity index (χ1n) is 13.9. The van der Waals surface area contributed by atoms with Gasteiger partial charge in [-0.05, 0) is 18.6 Å². The van der Waals surface area contributed by atoms with Crippen molar-refractivity contribution >= 4 is 17.5 Å². The average molecular weight is 645 g/mol. The van der Waals surface area contributed by atoms with Crippen LogP contribution in [0.2, 0.25) is 5.02 Å². The molecule has 0 aliphatic rings. The number of carbonyl (C=O) groups excluding carboxylic acids is 1. The molecular formula is C30H46ClIN2O3. The Kier molecular flexibility index (Phi) is 19.4. The van der Waals surface area contributed by atoms with Gasteiger partial charge in [-0.3, -0.25) is 4.79 Å². The van der Waals surface area contributed by atoms with Crippen molar-refractivity contribution in [3.8, 4) is 11.5 Å². The highest BCUT2D eigenvalue weighted by Crippen LogP contribution is 2.29. The van der Waals surface area contributed by atoms with Crippen molar-refractivity contribution in [1.29, 1.82) is 0 Å². The van der Waals surface area contributed by atoms with Crippen LogP contribution in [0.1, 0.15) is 89.7 Å². The number of benzene rings is 1. The molecule has 0 saturated carbocycles. The molecule has 0 spiro atoms. The number of pyridine rings is 1. The Balaban J connectivity index is 0.00000684. The van der Waals surface area contributed by atoms with Gasteiger partial charge in [0.15, 0.2) is 18.5 Å². The maximum Gasteiger partial charge on any atom is 0.257 e. The van der Waals surface area contributed by atoms with Crippen molar-refractivity contribution in [2.75, 3.05) is 19.8 Å². The summed E-state index contributed by atoms with van der Waals surface area (Å²) in [6.07, 6.45) is 18.6. The highest BCUT2D eigenvalue weighted by atomic mass is 127. The summed E-state index contributed by atoms with van der Waals surface area (Å²) in [6.45, 7) is 3.45. The molecule has 0 aliphatic carbocycles. The summed E-state index contributed by atoms with van der Waals surface area (Å²) in [7, 11) is 2.00. The number of rotatable bonds is 20. The molecule has 2 rings (SSSR count). The maximum absolute atomic E-state index is 12.1. The Labute approximate surface area is 246 Å². The van der Waals surface area contributed by atoms with E-state index in [0.29, 0.717) is 29.7 Å². The van der Waals surface area contributed by atoms with Crippen molar-refractivity contribution in [3.05, 3.63) is 53.3 Å². The van der Waals surface area contributed by atoms with E-state index in [1.54, 1.807) is 12.1 Å². The molecule has 37 heavy (non-hydrogen) atoms. The molecular weight excluding hydrogens is 599 g/mol. The van der Waals surface area contributed by atoms with Crippen LogP contribution in [-0.4, -0.2) is 25.7 Å². The smallest absolute Gasteiger partial charge is 0.257 e. The quantitative estimate of drug-likeness (QED) is 0.135. The third kappa shape index (κ3) is 15.5. The van der Waals surface area contributed by atoms with Crippen LogP contribution < -0.4 is 43.3 Å². The molecule has 0 radical (unpaired) electrons. The summed E-state index contributed by atoms with van der Waals surface area (Å²) in [5.41, 5.74) is 1.16. The summed E-state index contributed by atoms with van der Waals surface area (Å²) in [4.78, 5) is 12.1. The fourth-order valence-corrected chi connectivity index (χ4v) is 4.39. The standard InChI is InChI=1S/C30H45ClN2O3.HI/c1-3-4-5-6-7-8-9-10-11-12-13-16-23-35-29-19-18-27(24-28(29)31)36-25-30(34)32-21-20-26-17-14-15-22-33(26)2;/h14-15,17-19,22,24H,3-13,16,20-21,23,25H2,1-2H3;1H. The summed E-state index contributed by atoms with van der Waals surface area (Å²) in [5.74, 6) is 1.06. The van der Waals surface area contributed by atoms with Gasteiger partial charge >= 0.3 is 0 Å². The average Bonchev–Trinajstić information content (AvgIpc) is 2.87. The highest BCUT2D eigenvalue weighted by Gasteiger charge is 2.09. The minimum Gasteiger partial charge on any atom is -1.00 e. The number of nitrogens with one attached hydrogen (secondary N) is 1. The monoisotopic (exact) mass is 644 g/mol. The number of halogens is 2. The second kappa shape index (κ2) is 21.4. The molecule has 208 valence electrons. The molecule has 1 heterocycles. The number of ether oxygens (including phenoxy) is 2. The summed E-state index contributed by atoms with van der Waals surface area (Å²) >= 11 is 6.35. The predicted octanol–water partition coefficient (Wildman–Crippen LogP) is 3.99. The molecule has 1 N–H and O–H groups in total. The third-order valence-electron chi connectivity index (χ3n) is 6.39. The molecule has 0 atom stereocenters. The van der Waals surface area contributed by atoms with Gasteiger partial charge in [-0.25, -0.2) is 4.57 Å². The Morgan fingerprint density at radius 2 is 1.54 bits per heavy atom. The lowest BCUT2D eigenvalue weighted by atomic mass is 10.1. The first kappa shape index (κ1) is 33.5. The largest absolute Gasteiger partial charge is 1.00 e. The summed E-state index contributed by atoms with van der Waals surface area (Å²) in [5, 5.41) is 3.39. The molecule has 1 amide bonds. The van der Waals surface area contributed by atoms with Crippen molar-refractivity contribution in [2.45, 2.75) is 90.4 Å². The zero-order valence-electron chi connectivity index (χ0n) is 22.8. The van der Waals surface area contributed by atoms with Crippen LogP contribution >= 0.6 is 11.6 Å². The zero-order chi connectivity index (χ0) is 25.8. The molecule has 0 unspecified atom stereocenters. The van der Waals surface area contributed by atoms with Gasteiger partial charge in [-0.15, -0.1) is 0 Å². The highest BCUT2D eigenvalue weighted by molar-refractivity contribution is 6.32. The molecule has 2 aromatic rings. The fraction of sp³-hybridized carbons (Fsp3) is 0.600. The number of unbranched alkanes of at least 4 members (excludes halogenated alkanes) is 11. The Hall–Kier alpha value is -1.54. The van der Waals surface area contributed by atoms with Crippen molar-refractivity contribution < 1.29 is 42.8 Å². The Morgan fingerprint density at radius 3 is 2.16 bits per heavy atom. The van der Waals surface area contributed by atoms with E-state index in [-0.39, 0.29) is 36.5 Å². The topological polar surface area (TPSA) is 51.4 Å². The van der Waals surface area contributed by atoms with E-state index in [0.717, 1.165) is 18.5 Å². The van der Waals surface area contributed by atoms with Gasteiger partial charge in [0.25, 0.3) is 5.91 Å². The van der Waals surface area contributed by atoms with Crippen LogP contribution in [0.5, 0.6) is 11.5 Å². The Bertz CT molecular complexity index is 882. The minimum absolute atomic E-state index is 0. The van der Waals surface area contributed by atoms with Crippen LogP contribution in [0.4, 0.5) is 0 Å². The van der Waals surface area contributed by atoms with Crippen LogP contribution in [-0.2, 0) is 18.3 Å². The van der Waals surface area contributed by atoms with E-state index in [2.05, 4.69) is 12.2 Å². The van der Waals surface area contributed by atoms with Crippen molar-refractivity contribution in [1.82, 2.24) is 5.32 Å². The second-order valence-corrected chi connectivity index (χ2v) is 9.93. The number of aromatic nitrogens is 1. The minimum atomic E-state index is -0.156. The number of hydrogen-bond acceptors (Lipinski definition) is 3. The lowest BCUT2D eigenvalue weighted by molar-refractivity contribution is -0.679. The maximum atomic E-state index is 12.1. The molecule has 1 aromatic carbocycles. The van der Waals surface area contributed by atoms with Gasteiger partial charge in [-0.2, -0.15) is 0 Å². The van der Waals surface area contributed by atoms with Crippen LogP contribution in [0, 0.1) is 0 Å². The van der Waals surface area contributed by atoms with E-state index in [1.807, 2.05) is 42.1 Å². The third-order valence-corrected chi connectivity index (χ3v) is 6.69. The van der Waals surface area contributed by atoms with Gasteiger partial charge in [0.1, 0.15) is 18.5 Å². The van der Waals surface area contributed by atoms with Gasteiger partial charge in [-0.1, -0.05) is 95.2 Å². The van der Waals surface area contributed by atoms with Crippen LogP contribution in [0.3, 0.4) is 0 Å². The predicted molar refractivity (Wildman–Crippen MR) is 148 cm³/mol. The second-order valence-electron chi connectivity index (χ2n) is 9.52. The van der Waals surface area contributed by atoms with Gasteiger partial charge in [0.05, 0.1) is 11.6 Å². The number of nitrogens with zero attached hydrogens (tertiary/aromatic N) is 1. The molecule has 0 bridgehead atoms. The van der Waals surface area contributed by atoms with Crippen molar-refractivity contribution in [2.24, 2.45) is 7.05 Å². The molecule has 7 heteroatoms. The normalized spacial score (nSPS) is 10.6. The van der Waals surface area contributed by atoms with E-state index in [1.165, 1.54) is 70.6 Å². The van der Waals surface area contributed by atoms with Gasteiger partial charge in [0.2, 0.25) is 0 Å². The van der Waals surface area contributed by atoms with Crippen LogP contribution in [0.25, 0.3) is 0 Å². The first-order chi connectivity index (χ1) is 17.6. The first-order valence-corrected chi connectivity index (χ1v) is 14.2. The lowest BCUT2D eigenvalue weighted by Gasteiger charge is -2.11. The summed E-state index contributed by atoms with van der Waals surface area (Å²) in [6, 6.07) is 11.3. The van der Waals surface area contributed by atoms with Gasteiger partial charge < -0.3 is 38.8 Å². The van der Waals surface area contributed by atoms with E-state index < -0.39 is 0 Å². The molecule has 0 saturated heterocycles. The van der Waals surface area contributed by atoms with E-state index >= 15 is 0 Å². The molecule has 1 aromatic heterocycles. The number of aryl methyl sites for hydroxylation is 1. The van der Waals surface area contributed by atoms with E-state index in [9.17, 15) is 4.79 Å². The molecule has 5 nitrogen and oxygen atoms in total. The number of amides is 1. The number of hydrogen-bond donors (Lipinski definition) is 1. The molecule has 0 fully saturated rings. The Morgan fingerprint density at radius 1 is 0.892 bits per heavy atom. The zero-order valence-corrected chi connectivity index (χ0v) is 25.7. The van der Waals surface area contributed by atoms with E-state index in [4.69, 9.17) is 21.1 Å². The number of carbonyl (C=O) groups is 1. The van der Waals surface area contributed by atoms with Crippen LogP contribution in [0.15, 0.2) is 42.6 Å². The molecule has 0 aliphatic heterocycles.